The fourth-order valence-electron chi connectivity index (χ4n) is 2.68. The van der Waals surface area contributed by atoms with E-state index in [0.29, 0.717) is 38.7 Å². The quantitative estimate of drug-likeness (QED) is 0.116. The van der Waals surface area contributed by atoms with E-state index in [0.717, 1.165) is 37.1 Å². The molecule has 0 aliphatic carbocycles. The molecule has 6 nitrogen and oxygen atoms in total. The van der Waals surface area contributed by atoms with Gasteiger partial charge in [0.2, 0.25) is 0 Å². The molecule has 0 aliphatic heterocycles. The van der Waals surface area contributed by atoms with Crippen molar-refractivity contribution < 1.29 is 102 Å². The van der Waals surface area contributed by atoms with Crippen molar-refractivity contribution in [1.82, 2.24) is 9.80 Å². The van der Waals surface area contributed by atoms with E-state index in [1.54, 1.807) is 9.80 Å². The number of hydrogen-bond donors (Lipinski definition) is 0. The minimum absolute atomic E-state index is 0. The van der Waals surface area contributed by atoms with Gasteiger partial charge in [0.05, 0.1) is 13.2 Å². The third-order valence-electron chi connectivity index (χ3n) is 4.40. The average Bonchev–Trinajstić information content (AvgIpc) is 2.78. The predicted molar refractivity (Wildman–Crippen MR) is 141 cm³/mol. The zero-order chi connectivity index (χ0) is 24.1. The van der Waals surface area contributed by atoms with Crippen LogP contribution in [0.1, 0.15) is 17.5 Å². The molecule has 37 heavy (non-hydrogen) atoms. The van der Waals surface area contributed by atoms with E-state index < -0.39 is 6.72 Å². The third-order valence-corrected chi connectivity index (χ3v) is 7.13. The molecule has 2 aromatic carbocycles. The first-order chi connectivity index (χ1) is 15.8. The Morgan fingerprint density at radius 3 is 1.46 bits per heavy atom. The van der Waals surface area contributed by atoms with E-state index in [9.17, 15) is 0 Å². The van der Waals surface area contributed by atoms with Crippen LogP contribution in [0.25, 0.3) is 0 Å². The summed E-state index contributed by atoms with van der Waals surface area (Å²) in [7, 11) is 15.5. The van der Waals surface area contributed by atoms with Crippen LogP contribution in [0.5, 0.6) is 11.5 Å². The molecule has 0 saturated heterocycles. The molecule has 0 aliphatic rings. The summed E-state index contributed by atoms with van der Waals surface area (Å²) in [5.41, 5.74) is 2.29. The molecule has 0 fully saturated rings. The normalized spacial score (nSPS) is 10.6. The molecule has 2 aromatic rings. The number of hydrogen-bond acceptors (Lipinski definition) is 8. The topological polar surface area (TPSA) is 43.4 Å². The Balaban J connectivity index is -0.00000289. The molecule has 0 heterocycles. The number of rotatable bonds is 16. The first-order valence-corrected chi connectivity index (χ1v) is 14.7. The fraction of sp³-hybridized carbons (Fsp3) is 0.304. The monoisotopic (exact) mass is 1260 g/mol. The molecule has 14 heteroatoms. The van der Waals surface area contributed by atoms with Gasteiger partial charge in [0.1, 0.15) is 19.1 Å². The molecular weight excluding hydrogens is 1230 g/mol. The van der Waals surface area contributed by atoms with E-state index >= 15 is 0 Å². The summed E-state index contributed by atoms with van der Waals surface area (Å²) < 4.78 is 23.2. The summed E-state index contributed by atoms with van der Waals surface area (Å²) >= 11 is 10.5. The van der Waals surface area contributed by atoms with E-state index in [1.807, 2.05) is 48.5 Å². The summed E-state index contributed by atoms with van der Waals surface area (Å²) in [5.74, 6) is 1.18. The molecule has 0 amide bonds. The van der Waals surface area contributed by atoms with Gasteiger partial charge in [0.15, 0.2) is 0 Å². The molecule has 0 spiro atoms. The van der Waals surface area contributed by atoms with Crippen LogP contribution >= 0.6 is 14.3 Å². The molecule has 0 aromatic heterocycles. The first kappa shape index (κ1) is 43.3. The van der Waals surface area contributed by atoms with Crippen molar-refractivity contribution in [2.45, 2.75) is 19.3 Å². The van der Waals surface area contributed by atoms with Gasteiger partial charge in [-0.1, -0.05) is 37.4 Å². The minimum Gasteiger partial charge on any atom is -0.610 e. The standard InChI is InChI=1S/C23H30N2O4P2S2.4W/c1-24(2)16-14-20-6-10-22(11-7-20)28-31(33,27-19-5-18-26-30-32)29-23-12-8-21(9-13-23)15-17-25(3)4;;;;/h6-13H,1-5,14-19H2;;;;/q-4;;;;. The molecule has 0 unspecified atom stereocenters. The van der Waals surface area contributed by atoms with E-state index in [4.69, 9.17) is 41.7 Å². The van der Waals surface area contributed by atoms with Crippen molar-refractivity contribution >= 4 is 37.9 Å². The molecular formula is C23H30N2O4P2S2W4-4. The Hall–Kier alpha value is 1.80. The van der Waals surface area contributed by atoms with Crippen LogP contribution in [0.3, 0.4) is 0 Å². The van der Waals surface area contributed by atoms with Gasteiger partial charge in [-0.25, -0.2) is 0 Å². The molecule has 0 N–H and O–H groups in total. The van der Waals surface area contributed by atoms with Gasteiger partial charge in [-0.05, 0) is 66.5 Å². The molecule has 206 valence electrons. The van der Waals surface area contributed by atoms with Crippen molar-refractivity contribution in [2.24, 2.45) is 0 Å². The number of benzene rings is 2. The largest absolute Gasteiger partial charge is 0.610 e. The van der Waals surface area contributed by atoms with Gasteiger partial charge >= 0.3 is 6.72 Å². The predicted octanol–water partition coefficient (Wildman–Crippen LogP) is 5.96. The van der Waals surface area contributed by atoms with Gasteiger partial charge < -0.3 is 51.6 Å². The minimum atomic E-state index is -3.11. The van der Waals surface area contributed by atoms with Gasteiger partial charge in [-0.2, -0.15) is 0 Å². The van der Waals surface area contributed by atoms with Crippen molar-refractivity contribution in [1.29, 1.82) is 0 Å². The van der Waals surface area contributed by atoms with Crippen molar-refractivity contribution in [2.75, 3.05) is 26.3 Å². The van der Waals surface area contributed by atoms with Crippen LogP contribution in [-0.2, 0) is 130 Å². The fourth-order valence-corrected chi connectivity index (χ4v) is 5.10. The molecule has 2 rings (SSSR count). The van der Waals surface area contributed by atoms with Crippen LogP contribution in [0.2, 0.25) is 0 Å². The summed E-state index contributed by atoms with van der Waals surface area (Å²) in [6.07, 6.45) is 2.30. The van der Waals surface area contributed by atoms with E-state index in [-0.39, 0.29) is 84.3 Å². The zero-order valence-electron chi connectivity index (χ0n) is 20.3. The second kappa shape index (κ2) is 24.4. The van der Waals surface area contributed by atoms with Crippen molar-refractivity contribution in [3.05, 3.63) is 87.8 Å². The summed E-state index contributed by atoms with van der Waals surface area (Å²) in [6.45, 7) is -0.777. The Morgan fingerprint density at radius 2 is 1.11 bits per heavy atom. The Morgan fingerprint density at radius 1 is 0.703 bits per heavy atom. The molecule has 0 saturated carbocycles. The summed E-state index contributed by atoms with van der Waals surface area (Å²) in [6, 6.07) is 15.4. The van der Waals surface area contributed by atoms with Gasteiger partial charge in [0, 0.05) is 96.1 Å². The molecule has 0 radical (unpaired) electrons. The van der Waals surface area contributed by atoms with E-state index in [1.165, 1.54) is 0 Å². The van der Waals surface area contributed by atoms with Crippen LogP contribution in [-0.4, -0.2) is 36.1 Å². The summed E-state index contributed by atoms with van der Waals surface area (Å²) in [4.78, 5) is 3.31. The Bertz CT molecular complexity index is 838. The van der Waals surface area contributed by atoms with E-state index in [2.05, 4.69) is 28.2 Å². The van der Waals surface area contributed by atoms with Crippen molar-refractivity contribution in [3.63, 3.8) is 0 Å². The van der Waals surface area contributed by atoms with Crippen molar-refractivity contribution in [3.8, 4) is 11.5 Å². The number of nitrogens with zero attached hydrogens (tertiary/aromatic N) is 2. The maximum atomic E-state index is 6.06. The maximum absolute atomic E-state index is 6.06. The maximum Gasteiger partial charge on any atom is 0.434 e. The van der Waals surface area contributed by atoms with Crippen LogP contribution in [0, 0.1) is 28.2 Å². The smallest absolute Gasteiger partial charge is 0.434 e. The average molecular weight is 1260 g/mol. The molecule has 0 bridgehead atoms. The third kappa shape index (κ3) is 19.5. The van der Waals surface area contributed by atoms with Gasteiger partial charge in [0.25, 0.3) is 0 Å². The SMILES string of the molecule is [CH2-]N([CH2-])CCc1ccc(OP(=S)(OCCCOP=S)Oc2ccc(CCN([CH2-])[CH2-])cc2)cc1.[W].[W].[W].[W]. The Kier molecular flexibility index (Phi) is 28.5. The van der Waals surface area contributed by atoms with Crippen LogP contribution in [0.15, 0.2) is 48.5 Å². The van der Waals surface area contributed by atoms with Gasteiger partial charge in [-0.3, -0.25) is 4.52 Å². The van der Waals surface area contributed by atoms with Crippen LogP contribution in [0.4, 0.5) is 0 Å². The second-order valence-corrected chi connectivity index (χ2v) is 11.0. The zero-order valence-corrected chi connectivity index (χ0v) is 35.4. The summed E-state index contributed by atoms with van der Waals surface area (Å²) in [5, 5.41) is 0. The Labute approximate surface area is 291 Å². The first-order valence-electron chi connectivity index (χ1n) is 10.3. The van der Waals surface area contributed by atoms with Gasteiger partial charge in [-0.15, -0.1) is 0 Å². The second-order valence-electron chi connectivity index (χ2n) is 7.30. The molecule has 0 atom stereocenters. The van der Waals surface area contributed by atoms with Crippen LogP contribution < -0.4 is 9.05 Å².